The molecule has 2 aliphatic heterocycles. The number of anilines is 1. The Hall–Kier alpha value is -1.88. The van der Waals surface area contributed by atoms with Crippen LogP contribution < -0.4 is 15.5 Å². The molecule has 0 spiro atoms. The van der Waals surface area contributed by atoms with Gasteiger partial charge in [0.05, 0.1) is 0 Å². The molecule has 3 rings (SSSR count). The second-order valence-corrected chi connectivity index (χ2v) is 5.37. The molecule has 2 heterocycles. The molecule has 0 radical (unpaired) electrons. The minimum absolute atomic E-state index is 0.197. The Kier molecular flexibility index (Phi) is 3.69. The number of nitrogens with one attached hydrogen (secondary N) is 2. The Morgan fingerprint density at radius 2 is 1.75 bits per heavy atom. The van der Waals surface area contributed by atoms with Crippen LogP contribution >= 0.6 is 0 Å². The lowest BCUT2D eigenvalue weighted by Crippen LogP contribution is -2.49. The van der Waals surface area contributed by atoms with E-state index in [-0.39, 0.29) is 11.9 Å². The number of imide groups is 1. The zero-order valence-electron chi connectivity index (χ0n) is 11.4. The Balaban J connectivity index is 1.72. The highest BCUT2D eigenvalue weighted by Crippen LogP contribution is 2.27. The molecule has 5 heteroatoms. The zero-order chi connectivity index (χ0) is 13.9. The Bertz CT molecular complexity index is 506. The van der Waals surface area contributed by atoms with Crippen LogP contribution in [0.4, 0.5) is 10.5 Å². The SMILES string of the molecule is O=C1CCN(c2ccc(C3CCNCC3)cc2)C(=O)N1. The maximum atomic E-state index is 11.8. The number of carbonyl (C=O) groups is 2. The summed E-state index contributed by atoms with van der Waals surface area (Å²) in [5, 5.41) is 5.71. The summed E-state index contributed by atoms with van der Waals surface area (Å²) in [7, 11) is 0. The second-order valence-electron chi connectivity index (χ2n) is 5.37. The van der Waals surface area contributed by atoms with Crippen molar-refractivity contribution < 1.29 is 9.59 Å². The molecule has 0 saturated carbocycles. The lowest BCUT2D eigenvalue weighted by molar-refractivity contribution is -0.120. The van der Waals surface area contributed by atoms with Gasteiger partial charge in [-0.3, -0.25) is 15.0 Å². The number of benzene rings is 1. The third-order valence-electron chi connectivity index (χ3n) is 4.07. The van der Waals surface area contributed by atoms with E-state index >= 15 is 0 Å². The van der Waals surface area contributed by atoms with Crippen molar-refractivity contribution in [3.05, 3.63) is 29.8 Å². The maximum Gasteiger partial charge on any atom is 0.328 e. The van der Waals surface area contributed by atoms with Crippen molar-refractivity contribution in [2.75, 3.05) is 24.5 Å². The molecule has 1 aromatic carbocycles. The van der Waals surface area contributed by atoms with E-state index < -0.39 is 0 Å². The molecule has 2 aliphatic rings. The molecular weight excluding hydrogens is 254 g/mol. The number of piperidine rings is 1. The van der Waals surface area contributed by atoms with Crippen LogP contribution in [0.3, 0.4) is 0 Å². The van der Waals surface area contributed by atoms with Gasteiger partial charge in [0, 0.05) is 18.7 Å². The van der Waals surface area contributed by atoms with E-state index in [1.165, 1.54) is 5.56 Å². The third kappa shape index (κ3) is 2.67. The number of hydrogen-bond acceptors (Lipinski definition) is 3. The van der Waals surface area contributed by atoms with Gasteiger partial charge in [-0.05, 0) is 49.5 Å². The zero-order valence-corrected chi connectivity index (χ0v) is 11.4. The number of rotatable bonds is 2. The summed E-state index contributed by atoms with van der Waals surface area (Å²) in [4.78, 5) is 24.5. The number of urea groups is 1. The van der Waals surface area contributed by atoms with E-state index in [1.807, 2.05) is 12.1 Å². The van der Waals surface area contributed by atoms with Crippen molar-refractivity contribution in [1.82, 2.24) is 10.6 Å². The van der Waals surface area contributed by atoms with E-state index in [9.17, 15) is 9.59 Å². The van der Waals surface area contributed by atoms with Crippen molar-refractivity contribution in [1.29, 1.82) is 0 Å². The van der Waals surface area contributed by atoms with Crippen LogP contribution in [0.2, 0.25) is 0 Å². The minimum Gasteiger partial charge on any atom is -0.317 e. The van der Waals surface area contributed by atoms with Gasteiger partial charge in [-0.1, -0.05) is 12.1 Å². The Labute approximate surface area is 118 Å². The van der Waals surface area contributed by atoms with E-state index in [0.29, 0.717) is 18.9 Å². The van der Waals surface area contributed by atoms with Gasteiger partial charge in [-0.25, -0.2) is 4.79 Å². The fourth-order valence-corrected chi connectivity index (χ4v) is 2.89. The van der Waals surface area contributed by atoms with Crippen molar-refractivity contribution in [3.8, 4) is 0 Å². The van der Waals surface area contributed by atoms with Gasteiger partial charge < -0.3 is 5.32 Å². The van der Waals surface area contributed by atoms with Crippen LogP contribution in [-0.4, -0.2) is 31.6 Å². The van der Waals surface area contributed by atoms with Crippen molar-refractivity contribution in [2.45, 2.75) is 25.2 Å². The quantitative estimate of drug-likeness (QED) is 0.860. The first-order valence-electron chi connectivity index (χ1n) is 7.16. The van der Waals surface area contributed by atoms with Crippen LogP contribution in [0.25, 0.3) is 0 Å². The highest BCUT2D eigenvalue weighted by Gasteiger charge is 2.24. The first kappa shape index (κ1) is 13.1. The molecule has 20 heavy (non-hydrogen) atoms. The molecule has 1 aromatic rings. The number of amides is 3. The van der Waals surface area contributed by atoms with Crippen molar-refractivity contribution in [2.24, 2.45) is 0 Å². The van der Waals surface area contributed by atoms with Gasteiger partial charge in [0.25, 0.3) is 0 Å². The smallest absolute Gasteiger partial charge is 0.317 e. The van der Waals surface area contributed by atoms with Crippen LogP contribution in [0.1, 0.15) is 30.7 Å². The molecule has 0 aromatic heterocycles. The summed E-state index contributed by atoms with van der Waals surface area (Å²) in [6.45, 7) is 2.60. The monoisotopic (exact) mass is 273 g/mol. The molecule has 2 saturated heterocycles. The van der Waals surface area contributed by atoms with Crippen LogP contribution in [0.15, 0.2) is 24.3 Å². The fraction of sp³-hybridized carbons (Fsp3) is 0.467. The lowest BCUT2D eigenvalue weighted by Gasteiger charge is -2.27. The summed E-state index contributed by atoms with van der Waals surface area (Å²) >= 11 is 0. The van der Waals surface area contributed by atoms with E-state index in [2.05, 4.69) is 22.8 Å². The summed E-state index contributed by atoms with van der Waals surface area (Å²) in [5.74, 6) is 0.416. The predicted octanol–water partition coefficient (Wildman–Crippen LogP) is 1.60. The van der Waals surface area contributed by atoms with E-state index in [1.54, 1.807) is 4.90 Å². The normalized spacial score (nSPS) is 20.9. The van der Waals surface area contributed by atoms with Gasteiger partial charge in [0.1, 0.15) is 0 Å². The van der Waals surface area contributed by atoms with Crippen LogP contribution in [0, 0.1) is 0 Å². The number of hydrogen-bond donors (Lipinski definition) is 2. The van der Waals surface area contributed by atoms with Crippen LogP contribution in [-0.2, 0) is 4.79 Å². The number of carbonyl (C=O) groups excluding carboxylic acids is 2. The largest absolute Gasteiger partial charge is 0.328 e. The first-order valence-corrected chi connectivity index (χ1v) is 7.16. The Morgan fingerprint density at radius 3 is 2.40 bits per heavy atom. The molecule has 5 nitrogen and oxygen atoms in total. The van der Waals surface area contributed by atoms with Gasteiger partial charge >= 0.3 is 6.03 Å². The summed E-state index contributed by atoms with van der Waals surface area (Å²) < 4.78 is 0. The van der Waals surface area contributed by atoms with Crippen molar-refractivity contribution in [3.63, 3.8) is 0 Å². The molecule has 0 bridgehead atoms. The third-order valence-corrected chi connectivity index (χ3v) is 4.07. The summed E-state index contributed by atoms with van der Waals surface area (Å²) in [5.41, 5.74) is 2.19. The average Bonchev–Trinajstić information content (AvgIpc) is 2.48. The molecule has 0 atom stereocenters. The fourth-order valence-electron chi connectivity index (χ4n) is 2.89. The molecule has 3 amide bonds. The van der Waals surface area contributed by atoms with Gasteiger partial charge in [0.15, 0.2) is 0 Å². The molecular formula is C15H19N3O2. The minimum atomic E-state index is -0.323. The van der Waals surface area contributed by atoms with Gasteiger partial charge in [0.2, 0.25) is 5.91 Å². The number of nitrogens with zero attached hydrogens (tertiary/aromatic N) is 1. The summed E-state index contributed by atoms with van der Waals surface area (Å²) in [6.07, 6.45) is 2.69. The van der Waals surface area contributed by atoms with E-state index in [0.717, 1.165) is 31.6 Å². The first-order chi connectivity index (χ1) is 9.74. The Morgan fingerprint density at radius 1 is 1.05 bits per heavy atom. The molecule has 106 valence electrons. The average molecular weight is 273 g/mol. The molecule has 0 aliphatic carbocycles. The maximum absolute atomic E-state index is 11.8. The lowest BCUT2D eigenvalue weighted by atomic mass is 9.90. The van der Waals surface area contributed by atoms with Gasteiger partial charge in [-0.2, -0.15) is 0 Å². The van der Waals surface area contributed by atoms with Crippen LogP contribution in [0.5, 0.6) is 0 Å². The molecule has 0 unspecified atom stereocenters. The highest BCUT2D eigenvalue weighted by molar-refractivity contribution is 6.05. The van der Waals surface area contributed by atoms with Crippen molar-refractivity contribution >= 4 is 17.6 Å². The summed E-state index contributed by atoms with van der Waals surface area (Å²) in [6, 6.07) is 7.85. The predicted molar refractivity (Wildman–Crippen MR) is 76.8 cm³/mol. The standard InChI is InChI=1S/C15H19N3O2/c19-14-7-10-18(15(20)17-14)13-3-1-11(2-4-13)12-5-8-16-9-6-12/h1-4,12,16H,5-10H2,(H,17,19,20). The highest BCUT2D eigenvalue weighted by atomic mass is 16.2. The topological polar surface area (TPSA) is 61.4 Å². The van der Waals surface area contributed by atoms with Gasteiger partial charge in [-0.15, -0.1) is 0 Å². The molecule has 2 N–H and O–H groups in total. The second kappa shape index (κ2) is 5.63. The molecule has 2 fully saturated rings. The van der Waals surface area contributed by atoms with E-state index in [4.69, 9.17) is 0 Å².